The number of hydrogen-bond donors (Lipinski definition) is 1. The normalized spacial score (nSPS) is 16.3. The minimum absolute atomic E-state index is 0.0234. The van der Waals surface area contributed by atoms with Gasteiger partial charge in [-0.3, -0.25) is 9.48 Å². The van der Waals surface area contributed by atoms with Crippen LogP contribution in [0.1, 0.15) is 24.2 Å². The van der Waals surface area contributed by atoms with Gasteiger partial charge >= 0.3 is 6.18 Å². The summed E-state index contributed by atoms with van der Waals surface area (Å²) in [7, 11) is 0. The van der Waals surface area contributed by atoms with Gasteiger partial charge in [0.2, 0.25) is 11.8 Å². The van der Waals surface area contributed by atoms with Crippen molar-refractivity contribution in [1.82, 2.24) is 25.0 Å². The van der Waals surface area contributed by atoms with E-state index in [0.717, 1.165) is 0 Å². The average molecular weight is 501 g/mol. The molecule has 0 amide bonds. The first-order valence-electron chi connectivity index (χ1n) is 10.5. The highest BCUT2D eigenvalue weighted by atomic mass is 35.5. The molecule has 0 unspecified atom stereocenters. The number of hydrogen-bond acceptors (Lipinski definition) is 6. The fourth-order valence-corrected chi connectivity index (χ4v) is 4.26. The molecule has 1 N–H and O–H groups in total. The minimum atomic E-state index is -4.31. The highest BCUT2D eigenvalue weighted by molar-refractivity contribution is 6.33. The lowest BCUT2D eigenvalue weighted by Gasteiger charge is -2.19. The Hall–Kier alpha value is -3.15. The van der Waals surface area contributed by atoms with E-state index in [1.54, 1.807) is 19.9 Å². The molecular formula is C21H21ClF4N6O2. The minimum Gasteiger partial charge on any atom is -0.472 e. The number of alkyl halides is 3. The van der Waals surface area contributed by atoms with Crippen molar-refractivity contribution in [3.63, 3.8) is 0 Å². The molecule has 0 saturated carbocycles. The summed E-state index contributed by atoms with van der Waals surface area (Å²) in [5.41, 5.74) is 1.88. The highest BCUT2D eigenvalue weighted by Gasteiger charge is 2.29. The van der Waals surface area contributed by atoms with Crippen LogP contribution in [0.5, 0.6) is 5.88 Å². The predicted molar refractivity (Wildman–Crippen MR) is 117 cm³/mol. The molecule has 1 saturated heterocycles. The number of nitrogens with zero attached hydrogens (tertiary/aromatic N) is 5. The maximum atomic E-state index is 14.4. The summed E-state index contributed by atoms with van der Waals surface area (Å²) in [5.74, 6) is -0.746. The summed E-state index contributed by atoms with van der Waals surface area (Å²) in [6.07, 6.45) is -3.65. The van der Waals surface area contributed by atoms with Gasteiger partial charge in [0, 0.05) is 42.9 Å². The molecule has 0 aliphatic carbocycles. The van der Waals surface area contributed by atoms with Gasteiger partial charge in [0.1, 0.15) is 11.1 Å². The SMILES string of the molecule is Cc1nn(CCC(F)(F)F)c(C)c1-c1cc(F)nc(O[C@@H]2CCN(c3cn[nH]c(=O)c3Cl)C2)c1. The quantitative estimate of drug-likeness (QED) is 0.406. The molecule has 4 rings (SSSR count). The van der Waals surface area contributed by atoms with Gasteiger partial charge in [-0.05, 0) is 19.4 Å². The lowest BCUT2D eigenvalue weighted by molar-refractivity contribution is -0.137. The second-order valence-corrected chi connectivity index (χ2v) is 8.40. The van der Waals surface area contributed by atoms with Crippen molar-refractivity contribution in [2.45, 2.75) is 45.5 Å². The van der Waals surface area contributed by atoms with Crippen molar-refractivity contribution < 1.29 is 22.3 Å². The molecule has 0 spiro atoms. The molecule has 3 aromatic rings. The Bertz CT molecular complexity index is 1260. The van der Waals surface area contributed by atoms with Gasteiger partial charge in [0.15, 0.2) is 0 Å². The van der Waals surface area contributed by atoms with Gasteiger partial charge in [-0.1, -0.05) is 11.6 Å². The Morgan fingerprint density at radius 1 is 1.29 bits per heavy atom. The van der Waals surface area contributed by atoms with Crippen molar-refractivity contribution in [2.24, 2.45) is 0 Å². The van der Waals surface area contributed by atoms with E-state index in [-0.39, 0.29) is 23.6 Å². The van der Waals surface area contributed by atoms with Gasteiger partial charge in [-0.2, -0.15) is 32.7 Å². The molecular weight excluding hydrogens is 480 g/mol. The summed E-state index contributed by atoms with van der Waals surface area (Å²) in [4.78, 5) is 17.4. The van der Waals surface area contributed by atoms with Crippen LogP contribution >= 0.6 is 11.6 Å². The van der Waals surface area contributed by atoms with Crippen LogP contribution in [-0.2, 0) is 6.54 Å². The lowest BCUT2D eigenvalue weighted by Crippen LogP contribution is -2.26. The molecule has 1 aliphatic rings. The number of nitrogens with one attached hydrogen (secondary N) is 1. The van der Waals surface area contributed by atoms with Crippen molar-refractivity contribution in [2.75, 3.05) is 18.0 Å². The first-order valence-corrected chi connectivity index (χ1v) is 10.8. The predicted octanol–water partition coefficient (Wildman–Crippen LogP) is 4.05. The van der Waals surface area contributed by atoms with Gasteiger partial charge in [0.05, 0.1) is 30.5 Å². The van der Waals surface area contributed by atoms with E-state index in [0.29, 0.717) is 47.7 Å². The Morgan fingerprint density at radius 2 is 2.06 bits per heavy atom. The number of rotatable bonds is 6. The van der Waals surface area contributed by atoms with Crippen LogP contribution in [0, 0.1) is 19.8 Å². The number of pyridine rings is 1. The van der Waals surface area contributed by atoms with Crippen LogP contribution in [-0.4, -0.2) is 50.3 Å². The average Bonchev–Trinajstić information content (AvgIpc) is 3.31. The third-order valence-electron chi connectivity index (χ3n) is 5.60. The molecule has 1 fully saturated rings. The molecule has 1 atom stereocenters. The number of aryl methyl sites for hydroxylation is 2. The molecule has 1 aliphatic heterocycles. The van der Waals surface area contributed by atoms with Gasteiger partial charge in [-0.25, -0.2) is 5.10 Å². The third kappa shape index (κ3) is 5.16. The molecule has 0 bridgehead atoms. The van der Waals surface area contributed by atoms with Crippen LogP contribution in [0.2, 0.25) is 5.02 Å². The number of ether oxygens (including phenoxy) is 1. The number of H-pyrrole nitrogens is 1. The molecule has 0 radical (unpaired) electrons. The van der Waals surface area contributed by atoms with Crippen molar-refractivity contribution in [3.8, 4) is 17.0 Å². The lowest BCUT2D eigenvalue weighted by atomic mass is 10.1. The molecule has 182 valence electrons. The van der Waals surface area contributed by atoms with Crippen LogP contribution in [0.4, 0.5) is 23.2 Å². The zero-order valence-corrected chi connectivity index (χ0v) is 19.0. The summed E-state index contributed by atoms with van der Waals surface area (Å²) in [6, 6.07) is 2.74. The maximum Gasteiger partial charge on any atom is 0.390 e. The van der Waals surface area contributed by atoms with Crippen molar-refractivity contribution in [1.29, 1.82) is 0 Å². The molecule has 8 nitrogen and oxygen atoms in total. The molecule has 3 aromatic heterocycles. The van der Waals surface area contributed by atoms with Crippen LogP contribution in [0.15, 0.2) is 23.1 Å². The standard InChI is InChI=1S/C21H21ClF4N6O2/c1-11-18(12(2)32(30-11)6-4-21(24,25)26)13-7-16(23)28-17(8-13)34-14-3-5-31(10-14)15-9-27-29-20(33)19(15)22/h7-9,14H,3-6,10H2,1-2H3,(H,29,33)/t14-/m1/s1. The monoisotopic (exact) mass is 500 g/mol. The summed E-state index contributed by atoms with van der Waals surface area (Å²) in [5, 5.41) is 10.2. The fourth-order valence-electron chi connectivity index (χ4n) is 4.05. The number of anilines is 1. The van der Waals surface area contributed by atoms with E-state index in [4.69, 9.17) is 16.3 Å². The first kappa shape index (κ1) is 24.0. The van der Waals surface area contributed by atoms with Gasteiger partial charge in [-0.15, -0.1) is 0 Å². The number of halogens is 5. The highest BCUT2D eigenvalue weighted by Crippen LogP contribution is 2.32. The van der Waals surface area contributed by atoms with E-state index in [9.17, 15) is 22.4 Å². The Morgan fingerprint density at radius 3 is 2.79 bits per heavy atom. The molecule has 13 heteroatoms. The summed E-state index contributed by atoms with van der Waals surface area (Å²) >= 11 is 6.07. The molecule has 0 aromatic carbocycles. The van der Waals surface area contributed by atoms with Crippen molar-refractivity contribution >= 4 is 17.3 Å². The molecule has 4 heterocycles. The second-order valence-electron chi connectivity index (χ2n) is 8.02. The number of aromatic nitrogens is 5. The van der Waals surface area contributed by atoms with Crippen LogP contribution in [0.25, 0.3) is 11.1 Å². The van der Waals surface area contributed by atoms with Crippen molar-refractivity contribution in [3.05, 3.63) is 51.0 Å². The topological polar surface area (TPSA) is 88.9 Å². The Balaban J connectivity index is 1.53. The summed E-state index contributed by atoms with van der Waals surface area (Å²) < 4.78 is 59.4. The zero-order valence-electron chi connectivity index (χ0n) is 18.3. The first-order chi connectivity index (χ1) is 16.0. The summed E-state index contributed by atoms with van der Waals surface area (Å²) in [6.45, 7) is 3.89. The maximum absolute atomic E-state index is 14.4. The van der Waals surface area contributed by atoms with E-state index >= 15 is 0 Å². The Labute approximate surface area is 196 Å². The second kappa shape index (κ2) is 9.24. The molecule has 34 heavy (non-hydrogen) atoms. The van der Waals surface area contributed by atoms with E-state index < -0.39 is 24.1 Å². The van der Waals surface area contributed by atoms with Crippen LogP contribution in [0.3, 0.4) is 0 Å². The third-order valence-corrected chi connectivity index (χ3v) is 5.96. The van der Waals surface area contributed by atoms with E-state index in [1.807, 2.05) is 4.90 Å². The van der Waals surface area contributed by atoms with E-state index in [2.05, 4.69) is 20.3 Å². The fraction of sp³-hybridized carbons (Fsp3) is 0.429. The Kier molecular flexibility index (Phi) is 6.52. The van der Waals surface area contributed by atoms with Crippen LogP contribution < -0.4 is 15.2 Å². The smallest absolute Gasteiger partial charge is 0.390 e. The zero-order chi connectivity index (χ0) is 24.6. The van der Waals surface area contributed by atoms with E-state index in [1.165, 1.54) is 16.9 Å². The van der Waals surface area contributed by atoms with Gasteiger partial charge in [0.25, 0.3) is 5.56 Å². The van der Waals surface area contributed by atoms with Gasteiger partial charge < -0.3 is 9.64 Å². The number of aromatic amines is 1. The largest absolute Gasteiger partial charge is 0.472 e.